The summed E-state index contributed by atoms with van der Waals surface area (Å²) in [5.41, 5.74) is 2.78. The van der Waals surface area contributed by atoms with E-state index in [1.807, 2.05) is 30.3 Å². The van der Waals surface area contributed by atoms with Crippen LogP contribution in [0.4, 0.5) is 11.4 Å². The normalized spacial score (nSPS) is 15.6. The predicted molar refractivity (Wildman–Crippen MR) is 109 cm³/mol. The van der Waals surface area contributed by atoms with Crippen LogP contribution >= 0.6 is 36.4 Å². The highest BCUT2D eigenvalue weighted by molar-refractivity contribution is 6.31. The monoisotopic (exact) mass is 401 g/mol. The van der Waals surface area contributed by atoms with Gasteiger partial charge in [-0.2, -0.15) is 0 Å². The van der Waals surface area contributed by atoms with E-state index in [1.54, 1.807) is 6.07 Å². The first kappa shape index (κ1) is 21.6. The minimum atomic E-state index is 0. The van der Waals surface area contributed by atoms with E-state index in [1.165, 1.54) is 5.56 Å². The largest absolute Gasteiger partial charge is 0.379 e. The molecule has 7 heteroatoms. The summed E-state index contributed by atoms with van der Waals surface area (Å²) in [6.07, 6.45) is 0.874. The number of anilines is 2. The SMILES string of the molecule is Cl.Cl.O=C(Nc1cc(Cl)ccc1NCc1ccccc1)C1CCNC1. The van der Waals surface area contributed by atoms with Crippen molar-refractivity contribution in [3.63, 3.8) is 0 Å². The average Bonchev–Trinajstić information content (AvgIpc) is 3.10. The topological polar surface area (TPSA) is 53.2 Å². The fourth-order valence-corrected chi connectivity index (χ4v) is 2.85. The van der Waals surface area contributed by atoms with Crippen LogP contribution in [-0.2, 0) is 11.3 Å². The number of rotatable bonds is 5. The molecule has 1 aliphatic rings. The summed E-state index contributed by atoms with van der Waals surface area (Å²) in [5, 5.41) is 10.2. The van der Waals surface area contributed by atoms with Gasteiger partial charge in [0.25, 0.3) is 0 Å². The van der Waals surface area contributed by atoms with Gasteiger partial charge in [0, 0.05) is 18.1 Å². The molecule has 4 nitrogen and oxygen atoms in total. The van der Waals surface area contributed by atoms with Crippen molar-refractivity contribution in [1.82, 2.24) is 5.32 Å². The average molecular weight is 403 g/mol. The van der Waals surface area contributed by atoms with E-state index in [0.29, 0.717) is 11.6 Å². The third-order valence-corrected chi connectivity index (χ3v) is 4.23. The molecule has 1 aliphatic heterocycles. The number of carbonyl (C=O) groups is 1. The van der Waals surface area contributed by atoms with Crippen LogP contribution in [0.3, 0.4) is 0 Å². The first-order chi connectivity index (χ1) is 11.2. The van der Waals surface area contributed by atoms with Crippen molar-refractivity contribution in [3.05, 3.63) is 59.1 Å². The molecule has 1 heterocycles. The number of benzene rings is 2. The maximum absolute atomic E-state index is 12.3. The lowest BCUT2D eigenvalue weighted by Crippen LogP contribution is -2.25. The van der Waals surface area contributed by atoms with E-state index < -0.39 is 0 Å². The van der Waals surface area contributed by atoms with E-state index in [-0.39, 0.29) is 36.6 Å². The Morgan fingerprint density at radius 3 is 2.56 bits per heavy atom. The zero-order chi connectivity index (χ0) is 16.1. The van der Waals surface area contributed by atoms with Gasteiger partial charge in [-0.15, -0.1) is 24.8 Å². The zero-order valence-electron chi connectivity index (χ0n) is 13.6. The van der Waals surface area contributed by atoms with E-state index in [4.69, 9.17) is 11.6 Å². The number of amides is 1. The van der Waals surface area contributed by atoms with Gasteiger partial charge in [0.15, 0.2) is 0 Å². The third-order valence-electron chi connectivity index (χ3n) is 4.00. The van der Waals surface area contributed by atoms with E-state index in [0.717, 1.165) is 30.9 Å². The van der Waals surface area contributed by atoms with Gasteiger partial charge < -0.3 is 16.0 Å². The molecule has 1 unspecified atom stereocenters. The Labute approximate surface area is 165 Å². The lowest BCUT2D eigenvalue weighted by molar-refractivity contribution is -0.119. The van der Waals surface area contributed by atoms with Crippen molar-refractivity contribution in [1.29, 1.82) is 0 Å². The summed E-state index contributed by atoms with van der Waals surface area (Å²) in [5.74, 6) is 0.0657. The molecular formula is C18H22Cl3N3O. The van der Waals surface area contributed by atoms with Crippen LogP contribution in [0.5, 0.6) is 0 Å². The van der Waals surface area contributed by atoms with Crippen LogP contribution in [0, 0.1) is 5.92 Å². The molecule has 0 aliphatic carbocycles. The van der Waals surface area contributed by atoms with Gasteiger partial charge in [-0.1, -0.05) is 41.9 Å². The van der Waals surface area contributed by atoms with Crippen LogP contribution in [0.25, 0.3) is 0 Å². The van der Waals surface area contributed by atoms with Gasteiger partial charge in [0.05, 0.1) is 17.3 Å². The molecule has 25 heavy (non-hydrogen) atoms. The second kappa shape index (κ2) is 10.5. The second-order valence-corrected chi connectivity index (χ2v) is 6.14. The van der Waals surface area contributed by atoms with Crippen molar-refractivity contribution < 1.29 is 4.79 Å². The summed E-state index contributed by atoms with van der Waals surface area (Å²) < 4.78 is 0. The van der Waals surface area contributed by atoms with Crippen LogP contribution in [-0.4, -0.2) is 19.0 Å². The molecule has 2 aromatic carbocycles. The molecular weight excluding hydrogens is 381 g/mol. The van der Waals surface area contributed by atoms with Crippen molar-refractivity contribution in [2.45, 2.75) is 13.0 Å². The Bertz CT molecular complexity index is 677. The number of nitrogens with one attached hydrogen (secondary N) is 3. The number of hydrogen-bond donors (Lipinski definition) is 3. The summed E-state index contributed by atoms with van der Waals surface area (Å²) in [4.78, 5) is 12.3. The van der Waals surface area contributed by atoms with E-state index in [2.05, 4.69) is 28.1 Å². The molecule has 1 amide bonds. The molecule has 136 valence electrons. The highest BCUT2D eigenvalue weighted by Crippen LogP contribution is 2.27. The minimum Gasteiger partial charge on any atom is -0.379 e. The standard InChI is InChI=1S/C18H20ClN3O.2ClH/c19-15-6-7-16(21-11-13-4-2-1-3-5-13)17(10-15)22-18(23)14-8-9-20-12-14;;/h1-7,10,14,20-21H,8-9,11-12H2,(H,22,23);2*1H. The molecule has 0 spiro atoms. The summed E-state index contributed by atoms with van der Waals surface area (Å²) >= 11 is 6.09. The van der Waals surface area contributed by atoms with Crippen LogP contribution < -0.4 is 16.0 Å². The Morgan fingerprint density at radius 1 is 1.12 bits per heavy atom. The fraction of sp³-hybridized carbons (Fsp3) is 0.278. The van der Waals surface area contributed by atoms with Crippen molar-refractivity contribution in [2.24, 2.45) is 5.92 Å². The van der Waals surface area contributed by atoms with Gasteiger partial charge in [-0.05, 0) is 36.7 Å². The van der Waals surface area contributed by atoms with E-state index >= 15 is 0 Å². The minimum absolute atomic E-state index is 0. The van der Waals surface area contributed by atoms with Gasteiger partial charge in [-0.25, -0.2) is 0 Å². The van der Waals surface area contributed by atoms with E-state index in [9.17, 15) is 4.79 Å². The van der Waals surface area contributed by atoms with Crippen LogP contribution in [0.15, 0.2) is 48.5 Å². The first-order valence-electron chi connectivity index (χ1n) is 7.81. The molecule has 0 aromatic heterocycles. The van der Waals surface area contributed by atoms with Gasteiger partial charge >= 0.3 is 0 Å². The van der Waals surface area contributed by atoms with Gasteiger partial charge in [0.2, 0.25) is 5.91 Å². The summed E-state index contributed by atoms with van der Waals surface area (Å²) in [7, 11) is 0. The summed E-state index contributed by atoms with van der Waals surface area (Å²) in [6, 6.07) is 15.6. The van der Waals surface area contributed by atoms with Gasteiger partial charge in [0.1, 0.15) is 0 Å². The molecule has 3 rings (SSSR count). The molecule has 1 atom stereocenters. The third kappa shape index (κ3) is 6.08. The second-order valence-electron chi connectivity index (χ2n) is 5.71. The maximum atomic E-state index is 12.3. The molecule has 1 fully saturated rings. The number of hydrogen-bond acceptors (Lipinski definition) is 3. The fourth-order valence-electron chi connectivity index (χ4n) is 2.68. The van der Waals surface area contributed by atoms with Gasteiger partial charge in [-0.3, -0.25) is 4.79 Å². The highest BCUT2D eigenvalue weighted by Gasteiger charge is 2.23. The lowest BCUT2D eigenvalue weighted by atomic mass is 10.1. The van der Waals surface area contributed by atoms with Crippen LogP contribution in [0.1, 0.15) is 12.0 Å². The Hall–Kier alpha value is -1.46. The summed E-state index contributed by atoms with van der Waals surface area (Å²) in [6.45, 7) is 2.32. The van der Waals surface area contributed by atoms with Crippen LogP contribution in [0.2, 0.25) is 5.02 Å². The van der Waals surface area contributed by atoms with Crippen molar-refractivity contribution in [3.8, 4) is 0 Å². The van der Waals surface area contributed by atoms with Crippen molar-refractivity contribution >= 4 is 53.7 Å². The lowest BCUT2D eigenvalue weighted by Gasteiger charge is -2.15. The molecule has 2 aromatic rings. The zero-order valence-corrected chi connectivity index (χ0v) is 16.0. The Balaban J connectivity index is 0.00000156. The smallest absolute Gasteiger partial charge is 0.228 e. The molecule has 3 N–H and O–H groups in total. The number of halogens is 3. The predicted octanol–water partition coefficient (Wildman–Crippen LogP) is 4.34. The highest BCUT2D eigenvalue weighted by atomic mass is 35.5. The Kier molecular flexibility index (Phi) is 9.08. The first-order valence-corrected chi connectivity index (χ1v) is 8.19. The molecule has 0 saturated carbocycles. The molecule has 0 radical (unpaired) electrons. The Morgan fingerprint density at radius 2 is 1.88 bits per heavy atom. The molecule has 1 saturated heterocycles. The number of carbonyl (C=O) groups excluding carboxylic acids is 1. The molecule has 0 bridgehead atoms. The van der Waals surface area contributed by atoms with Crippen molar-refractivity contribution in [2.75, 3.05) is 23.7 Å². The quantitative estimate of drug-likeness (QED) is 0.697. The maximum Gasteiger partial charge on any atom is 0.228 e.